The normalized spacial score (nSPS) is 13.5. The molecule has 0 radical (unpaired) electrons. The lowest BCUT2D eigenvalue weighted by Crippen LogP contribution is -2.39. The van der Waals surface area contributed by atoms with Crippen LogP contribution < -0.4 is 10.6 Å². The van der Waals surface area contributed by atoms with E-state index in [9.17, 15) is 4.79 Å². The van der Waals surface area contributed by atoms with E-state index in [-0.39, 0.29) is 18.1 Å². The minimum absolute atomic E-state index is 0.253. The highest BCUT2D eigenvalue weighted by atomic mass is 35.5. The first kappa shape index (κ1) is 16.6. The third kappa shape index (κ3) is 3.90. The van der Waals surface area contributed by atoms with Crippen LogP contribution in [0.3, 0.4) is 0 Å². The Morgan fingerprint density at radius 3 is 2.50 bits per heavy atom. The topological polar surface area (TPSA) is 71.8 Å². The number of rotatable bonds is 4. The molecule has 0 aliphatic rings. The van der Waals surface area contributed by atoms with Crippen LogP contribution in [0.2, 0.25) is 10.0 Å². The molecule has 1 aromatic carbocycles. The number of amides is 2. The number of carbonyl (C=O) groups excluding carboxylic acids is 1. The van der Waals surface area contributed by atoms with E-state index in [2.05, 4.69) is 20.8 Å². The second kappa shape index (κ2) is 6.98. The fraction of sp³-hybridized carbons (Fsp3) is 0.357. The van der Waals surface area contributed by atoms with Crippen molar-refractivity contribution in [2.24, 2.45) is 7.05 Å². The molecule has 1 heterocycles. The molecule has 2 atom stereocenters. The number of hydrogen-bond acceptors (Lipinski definition) is 3. The second-order valence-corrected chi connectivity index (χ2v) is 5.87. The van der Waals surface area contributed by atoms with Crippen molar-refractivity contribution in [3.63, 3.8) is 0 Å². The van der Waals surface area contributed by atoms with Crippen molar-refractivity contribution in [2.75, 3.05) is 0 Å². The highest BCUT2D eigenvalue weighted by Gasteiger charge is 2.17. The zero-order chi connectivity index (χ0) is 16.3. The summed E-state index contributed by atoms with van der Waals surface area (Å²) in [6.07, 6.45) is 1.58. The quantitative estimate of drug-likeness (QED) is 0.896. The summed E-state index contributed by atoms with van der Waals surface area (Å²) in [6, 6.07) is 4.35. The van der Waals surface area contributed by atoms with Crippen molar-refractivity contribution >= 4 is 29.2 Å². The Labute approximate surface area is 138 Å². The SMILES string of the molecule is C[C@H](NC(=O)N[C@H](C)c1nncn1C)c1ccc(Cl)cc1Cl. The zero-order valence-electron chi connectivity index (χ0n) is 12.5. The summed E-state index contributed by atoms with van der Waals surface area (Å²) >= 11 is 12.0. The maximum Gasteiger partial charge on any atom is 0.315 e. The number of aryl methyl sites for hydroxylation is 1. The van der Waals surface area contributed by atoms with Gasteiger partial charge >= 0.3 is 6.03 Å². The van der Waals surface area contributed by atoms with Crippen molar-refractivity contribution in [3.05, 3.63) is 46.0 Å². The van der Waals surface area contributed by atoms with Gasteiger partial charge in [0.15, 0.2) is 5.82 Å². The molecule has 0 spiro atoms. The van der Waals surface area contributed by atoms with E-state index in [4.69, 9.17) is 23.2 Å². The van der Waals surface area contributed by atoms with Gasteiger partial charge in [-0.2, -0.15) is 0 Å². The number of hydrogen-bond donors (Lipinski definition) is 2. The molecule has 1 aromatic heterocycles. The summed E-state index contributed by atoms with van der Waals surface area (Å²) in [4.78, 5) is 12.1. The molecule has 8 heteroatoms. The molecule has 2 aromatic rings. The van der Waals surface area contributed by atoms with E-state index in [1.165, 1.54) is 0 Å². The fourth-order valence-electron chi connectivity index (χ4n) is 2.11. The lowest BCUT2D eigenvalue weighted by molar-refractivity contribution is 0.234. The summed E-state index contributed by atoms with van der Waals surface area (Å²) in [6.45, 7) is 3.69. The average Bonchev–Trinajstić information content (AvgIpc) is 2.84. The zero-order valence-corrected chi connectivity index (χ0v) is 14.0. The number of carbonyl (C=O) groups is 1. The van der Waals surface area contributed by atoms with Crippen LogP contribution in [0.15, 0.2) is 24.5 Å². The molecule has 0 unspecified atom stereocenters. The number of halogens is 2. The molecule has 22 heavy (non-hydrogen) atoms. The van der Waals surface area contributed by atoms with Crippen molar-refractivity contribution < 1.29 is 4.79 Å². The first-order chi connectivity index (χ1) is 10.4. The Hall–Kier alpha value is -1.79. The van der Waals surface area contributed by atoms with Crippen LogP contribution in [0.1, 0.15) is 37.3 Å². The largest absolute Gasteiger partial charge is 0.332 e. The lowest BCUT2D eigenvalue weighted by atomic mass is 10.1. The van der Waals surface area contributed by atoms with E-state index in [1.807, 2.05) is 20.9 Å². The summed E-state index contributed by atoms with van der Waals surface area (Å²) in [5, 5.41) is 14.5. The summed E-state index contributed by atoms with van der Waals surface area (Å²) < 4.78 is 1.75. The predicted molar refractivity (Wildman–Crippen MR) is 86.0 cm³/mol. The van der Waals surface area contributed by atoms with Crippen LogP contribution in [0.25, 0.3) is 0 Å². The third-order valence-electron chi connectivity index (χ3n) is 3.26. The van der Waals surface area contributed by atoms with Gasteiger partial charge < -0.3 is 15.2 Å². The van der Waals surface area contributed by atoms with Crippen molar-refractivity contribution in [1.29, 1.82) is 0 Å². The molecule has 0 bridgehead atoms. The Bertz CT molecular complexity index is 673. The van der Waals surface area contributed by atoms with Crippen LogP contribution in [0.5, 0.6) is 0 Å². The van der Waals surface area contributed by atoms with Gasteiger partial charge in [-0.05, 0) is 31.5 Å². The highest BCUT2D eigenvalue weighted by Crippen LogP contribution is 2.26. The molecule has 2 amide bonds. The van der Waals surface area contributed by atoms with E-state index in [0.717, 1.165) is 5.56 Å². The van der Waals surface area contributed by atoms with Gasteiger partial charge in [-0.25, -0.2) is 4.79 Å². The van der Waals surface area contributed by atoms with Crippen LogP contribution >= 0.6 is 23.2 Å². The third-order valence-corrected chi connectivity index (χ3v) is 3.82. The highest BCUT2D eigenvalue weighted by molar-refractivity contribution is 6.35. The maximum absolute atomic E-state index is 12.1. The molecule has 0 saturated heterocycles. The number of nitrogens with zero attached hydrogens (tertiary/aromatic N) is 3. The lowest BCUT2D eigenvalue weighted by Gasteiger charge is -2.19. The van der Waals surface area contributed by atoms with E-state index in [1.54, 1.807) is 29.1 Å². The number of urea groups is 1. The van der Waals surface area contributed by atoms with Crippen molar-refractivity contribution in [1.82, 2.24) is 25.4 Å². The Balaban J connectivity index is 1.98. The van der Waals surface area contributed by atoms with E-state index in [0.29, 0.717) is 15.9 Å². The van der Waals surface area contributed by atoms with Gasteiger partial charge in [0.25, 0.3) is 0 Å². The number of nitrogens with one attached hydrogen (secondary N) is 2. The van der Waals surface area contributed by atoms with Crippen molar-refractivity contribution in [2.45, 2.75) is 25.9 Å². The van der Waals surface area contributed by atoms with Crippen LogP contribution in [-0.4, -0.2) is 20.8 Å². The molecule has 0 aliphatic heterocycles. The van der Waals surface area contributed by atoms with Gasteiger partial charge in [0, 0.05) is 17.1 Å². The Morgan fingerprint density at radius 1 is 1.23 bits per heavy atom. The second-order valence-electron chi connectivity index (χ2n) is 5.03. The molecule has 0 aliphatic carbocycles. The Morgan fingerprint density at radius 2 is 1.91 bits per heavy atom. The average molecular weight is 342 g/mol. The smallest absolute Gasteiger partial charge is 0.315 e. The predicted octanol–water partition coefficient (Wildman–Crippen LogP) is 3.24. The fourth-order valence-corrected chi connectivity index (χ4v) is 2.69. The molecule has 0 fully saturated rings. The van der Waals surface area contributed by atoms with E-state index >= 15 is 0 Å². The summed E-state index contributed by atoms with van der Waals surface area (Å²) in [7, 11) is 1.82. The maximum atomic E-state index is 12.1. The number of aromatic nitrogens is 3. The van der Waals surface area contributed by atoms with Gasteiger partial charge in [0.1, 0.15) is 6.33 Å². The molecule has 2 N–H and O–H groups in total. The monoisotopic (exact) mass is 341 g/mol. The number of benzene rings is 1. The van der Waals surface area contributed by atoms with Gasteiger partial charge in [-0.3, -0.25) is 0 Å². The molecule has 118 valence electrons. The van der Waals surface area contributed by atoms with Gasteiger partial charge in [-0.1, -0.05) is 29.3 Å². The minimum atomic E-state index is -0.311. The Kier molecular flexibility index (Phi) is 5.26. The molecular formula is C14H17Cl2N5O. The van der Waals surface area contributed by atoms with Crippen LogP contribution in [0.4, 0.5) is 4.79 Å². The van der Waals surface area contributed by atoms with Gasteiger partial charge in [0.2, 0.25) is 0 Å². The molecule has 2 rings (SSSR count). The molecular weight excluding hydrogens is 325 g/mol. The summed E-state index contributed by atoms with van der Waals surface area (Å²) in [5.41, 5.74) is 0.799. The first-order valence-corrected chi connectivity index (χ1v) is 7.50. The van der Waals surface area contributed by atoms with Gasteiger partial charge in [-0.15, -0.1) is 10.2 Å². The van der Waals surface area contributed by atoms with Gasteiger partial charge in [0.05, 0.1) is 12.1 Å². The summed E-state index contributed by atoms with van der Waals surface area (Å²) in [5.74, 6) is 0.673. The van der Waals surface area contributed by atoms with E-state index < -0.39 is 0 Å². The molecule has 0 saturated carbocycles. The van der Waals surface area contributed by atoms with Crippen molar-refractivity contribution in [3.8, 4) is 0 Å². The minimum Gasteiger partial charge on any atom is -0.332 e. The standard InChI is InChI=1S/C14H17Cl2N5O/c1-8(11-5-4-10(15)6-12(11)16)18-14(22)19-9(2)13-20-17-7-21(13)3/h4-9H,1-3H3,(H2,18,19,22)/t8-,9+/m0/s1. The molecule has 6 nitrogen and oxygen atoms in total. The van der Waals surface area contributed by atoms with Crippen LogP contribution in [-0.2, 0) is 7.05 Å². The van der Waals surface area contributed by atoms with Crippen LogP contribution in [0, 0.1) is 0 Å². The first-order valence-electron chi connectivity index (χ1n) is 6.74.